The van der Waals surface area contributed by atoms with E-state index in [1.54, 1.807) is 10.7 Å². The Hall–Kier alpha value is -1.98. The molecule has 6 nitrogen and oxygen atoms in total. The molecule has 2 heterocycles. The molecule has 1 N–H and O–H groups in total. The molecule has 0 unspecified atom stereocenters. The average Bonchev–Trinajstić information content (AvgIpc) is 2.82. The number of rotatable bonds is 1. The van der Waals surface area contributed by atoms with Gasteiger partial charge in [0.05, 0.1) is 5.69 Å². The molecule has 15 heavy (non-hydrogen) atoms. The first-order valence-electron chi connectivity index (χ1n) is 4.72. The first-order chi connectivity index (χ1) is 7.25. The molecule has 6 heteroatoms. The van der Waals surface area contributed by atoms with Crippen molar-refractivity contribution in [2.45, 2.75) is 19.3 Å². The van der Waals surface area contributed by atoms with Crippen molar-refractivity contribution in [3.8, 4) is 0 Å². The first-order valence-corrected chi connectivity index (χ1v) is 4.72. The molecule has 0 saturated heterocycles. The van der Waals surface area contributed by atoms with Gasteiger partial charge in [0, 0.05) is 6.20 Å². The molecule has 0 aromatic carbocycles. The molecule has 76 valence electrons. The molecule has 2 aromatic heterocycles. The molecule has 1 aliphatic carbocycles. The molecular weight excluding hydrogens is 196 g/mol. The van der Waals surface area contributed by atoms with Crippen LogP contribution in [0.4, 0.5) is 0 Å². The van der Waals surface area contributed by atoms with Gasteiger partial charge >= 0.3 is 5.97 Å². The smallest absolute Gasteiger partial charge is 0.375 e. The summed E-state index contributed by atoms with van der Waals surface area (Å²) >= 11 is 0. The van der Waals surface area contributed by atoms with E-state index >= 15 is 0 Å². The number of hydrogen-bond donors (Lipinski definition) is 1. The lowest BCUT2D eigenvalue weighted by Gasteiger charge is -1.98. The number of carboxylic acids is 1. The summed E-state index contributed by atoms with van der Waals surface area (Å²) in [5, 5.41) is 12.7. The second-order valence-corrected chi connectivity index (χ2v) is 3.54. The van der Waals surface area contributed by atoms with Crippen LogP contribution in [0.5, 0.6) is 0 Å². The zero-order valence-electron chi connectivity index (χ0n) is 7.84. The molecular formula is C9H8N4O2. The summed E-state index contributed by atoms with van der Waals surface area (Å²) in [5.41, 5.74) is 2.18. The van der Waals surface area contributed by atoms with Crippen molar-refractivity contribution in [3.05, 3.63) is 23.3 Å². The monoisotopic (exact) mass is 204 g/mol. The lowest BCUT2D eigenvalue weighted by atomic mass is 10.3. The number of aryl methyl sites for hydroxylation is 2. The predicted octanol–water partition coefficient (Wildman–Crippen LogP) is 0.311. The van der Waals surface area contributed by atoms with Gasteiger partial charge in [-0.15, -0.1) is 5.10 Å². The zero-order chi connectivity index (χ0) is 10.4. The van der Waals surface area contributed by atoms with Gasteiger partial charge in [0.1, 0.15) is 0 Å². The molecule has 0 bridgehead atoms. The molecule has 0 spiro atoms. The van der Waals surface area contributed by atoms with Crippen LogP contribution >= 0.6 is 0 Å². The van der Waals surface area contributed by atoms with E-state index in [0.717, 1.165) is 30.5 Å². The Morgan fingerprint density at radius 2 is 2.33 bits per heavy atom. The van der Waals surface area contributed by atoms with E-state index in [9.17, 15) is 4.79 Å². The SMILES string of the molecule is O=C(O)c1nc2ncc3c(n2n1)CCC3. The predicted molar refractivity (Wildman–Crippen MR) is 49.8 cm³/mol. The average molecular weight is 204 g/mol. The van der Waals surface area contributed by atoms with Gasteiger partial charge in [0.2, 0.25) is 0 Å². The summed E-state index contributed by atoms with van der Waals surface area (Å²) in [6.07, 6.45) is 4.73. The van der Waals surface area contributed by atoms with Gasteiger partial charge in [0.25, 0.3) is 11.6 Å². The summed E-state index contributed by atoms with van der Waals surface area (Å²) in [6, 6.07) is 0. The highest BCUT2D eigenvalue weighted by Crippen LogP contribution is 2.20. The largest absolute Gasteiger partial charge is 0.475 e. The summed E-state index contributed by atoms with van der Waals surface area (Å²) in [7, 11) is 0. The van der Waals surface area contributed by atoms with Crippen LogP contribution in [0, 0.1) is 0 Å². The van der Waals surface area contributed by atoms with Crippen LogP contribution < -0.4 is 0 Å². The van der Waals surface area contributed by atoms with E-state index in [1.165, 1.54) is 0 Å². The third-order valence-corrected chi connectivity index (χ3v) is 2.60. The van der Waals surface area contributed by atoms with Crippen molar-refractivity contribution in [1.29, 1.82) is 0 Å². The first kappa shape index (κ1) is 8.34. The molecule has 0 aliphatic heterocycles. The van der Waals surface area contributed by atoms with Crippen LogP contribution in [0.25, 0.3) is 5.78 Å². The summed E-state index contributed by atoms with van der Waals surface area (Å²) < 4.78 is 1.55. The van der Waals surface area contributed by atoms with Crippen LogP contribution in [-0.2, 0) is 12.8 Å². The van der Waals surface area contributed by atoms with Gasteiger partial charge in [-0.25, -0.2) is 14.3 Å². The van der Waals surface area contributed by atoms with E-state index in [0.29, 0.717) is 5.78 Å². The Morgan fingerprint density at radius 1 is 1.47 bits per heavy atom. The van der Waals surface area contributed by atoms with E-state index in [2.05, 4.69) is 15.1 Å². The third-order valence-electron chi connectivity index (χ3n) is 2.60. The molecule has 1 aliphatic rings. The summed E-state index contributed by atoms with van der Waals surface area (Å²) in [6.45, 7) is 0. The van der Waals surface area contributed by atoms with Crippen molar-refractivity contribution < 1.29 is 9.90 Å². The highest BCUT2D eigenvalue weighted by atomic mass is 16.4. The lowest BCUT2D eigenvalue weighted by Crippen LogP contribution is -2.02. The highest BCUT2D eigenvalue weighted by Gasteiger charge is 2.19. The maximum atomic E-state index is 10.7. The number of fused-ring (bicyclic) bond motifs is 3. The molecule has 0 saturated carbocycles. The standard InChI is InChI=1S/C9H8N4O2/c14-8(15)7-11-9-10-4-5-2-1-3-6(5)13(9)12-7/h4H,1-3H2,(H,14,15). The molecule has 0 radical (unpaired) electrons. The van der Waals surface area contributed by atoms with Gasteiger partial charge < -0.3 is 5.11 Å². The van der Waals surface area contributed by atoms with E-state index in [1.807, 2.05) is 0 Å². The van der Waals surface area contributed by atoms with Crippen molar-refractivity contribution in [2.75, 3.05) is 0 Å². The Balaban J connectivity index is 2.31. The molecule has 3 rings (SSSR count). The minimum Gasteiger partial charge on any atom is -0.475 e. The Kier molecular flexibility index (Phi) is 1.53. The van der Waals surface area contributed by atoms with Gasteiger partial charge in [-0.3, -0.25) is 0 Å². The maximum Gasteiger partial charge on any atom is 0.375 e. The zero-order valence-corrected chi connectivity index (χ0v) is 7.84. The van der Waals surface area contributed by atoms with Crippen molar-refractivity contribution in [2.24, 2.45) is 0 Å². The topological polar surface area (TPSA) is 80.4 Å². The Bertz CT molecular complexity index is 560. The molecule has 0 amide bonds. The minimum atomic E-state index is -1.12. The van der Waals surface area contributed by atoms with Crippen molar-refractivity contribution >= 4 is 11.7 Å². The Labute approximate surface area is 84.6 Å². The maximum absolute atomic E-state index is 10.7. The summed E-state index contributed by atoms with van der Waals surface area (Å²) in [5.74, 6) is -0.942. The molecule has 0 fully saturated rings. The fourth-order valence-electron chi connectivity index (χ4n) is 1.93. The number of carboxylic acid groups (broad SMARTS) is 1. The lowest BCUT2D eigenvalue weighted by molar-refractivity contribution is 0.0684. The fourth-order valence-corrected chi connectivity index (χ4v) is 1.93. The minimum absolute atomic E-state index is 0.192. The number of aromatic carboxylic acids is 1. The number of hydrogen-bond acceptors (Lipinski definition) is 4. The number of aromatic nitrogens is 4. The van der Waals surface area contributed by atoms with Crippen molar-refractivity contribution in [1.82, 2.24) is 19.6 Å². The van der Waals surface area contributed by atoms with Gasteiger partial charge in [-0.05, 0) is 24.8 Å². The van der Waals surface area contributed by atoms with Crippen LogP contribution in [0.15, 0.2) is 6.20 Å². The van der Waals surface area contributed by atoms with E-state index in [-0.39, 0.29) is 5.82 Å². The van der Waals surface area contributed by atoms with Gasteiger partial charge in [-0.2, -0.15) is 4.98 Å². The fraction of sp³-hybridized carbons (Fsp3) is 0.333. The van der Waals surface area contributed by atoms with Crippen LogP contribution in [-0.4, -0.2) is 30.7 Å². The second kappa shape index (κ2) is 2.75. The number of carbonyl (C=O) groups is 1. The van der Waals surface area contributed by atoms with Crippen molar-refractivity contribution in [3.63, 3.8) is 0 Å². The van der Waals surface area contributed by atoms with Gasteiger partial charge in [-0.1, -0.05) is 0 Å². The van der Waals surface area contributed by atoms with Crippen LogP contribution in [0.2, 0.25) is 0 Å². The second-order valence-electron chi connectivity index (χ2n) is 3.54. The molecule has 0 atom stereocenters. The summed E-state index contributed by atoms with van der Waals surface area (Å²) in [4.78, 5) is 18.6. The Morgan fingerprint density at radius 3 is 3.13 bits per heavy atom. The third kappa shape index (κ3) is 1.11. The van der Waals surface area contributed by atoms with Crippen LogP contribution in [0.1, 0.15) is 28.3 Å². The van der Waals surface area contributed by atoms with Gasteiger partial charge in [0.15, 0.2) is 0 Å². The number of nitrogens with zero attached hydrogens (tertiary/aromatic N) is 4. The quantitative estimate of drug-likeness (QED) is 0.723. The van der Waals surface area contributed by atoms with E-state index < -0.39 is 5.97 Å². The molecule has 2 aromatic rings. The van der Waals surface area contributed by atoms with E-state index in [4.69, 9.17) is 5.11 Å². The highest BCUT2D eigenvalue weighted by molar-refractivity contribution is 5.83. The van der Waals surface area contributed by atoms with Crippen LogP contribution in [0.3, 0.4) is 0 Å². The normalized spacial score (nSPS) is 14.4.